The number of rotatable bonds is 4. The molecule has 1 aromatic carbocycles. The summed E-state index contributed by atoms with van der Waals surface area (Å²) < 4.78 is 5.28. The Labute approximate surface area is 142 Å². The third kappa shape index (κ3) is 4.26. The maximum Gasteiger partial charge on any atom is 0.254 e. The molecule has 0 radical (unpaired) electrons. The molecule has 0 bridgehead atoms. The molecule has 3 rings (SSSR count). The monoisotopic (exact) mass is 331 g/mol. The molecule has 2 aliphatic rings. The minimum atomic E-state index is 0.0179. The van der Waals surface area contributed by atoms with Crippen LogP contribution in [0.1, 0.15) is 29.6 Å². The van der Waals surface area contributed by atoms with Crippen molar-refractivity contribution in [2.75, 3.05) is 51.3 Å². The van der Waals surface area contributed by atoms with Gasteiger partial charge in [-0.15, -0.1) is 0 Å². The summed E-state index contributed by atoms with van der Waals surface area (Å²) >= 11 is 0. The summed E-state index contributed by atoms with van der Waals surface area (Å²) in [7, 11) is 0. The first-order valence-electron chi connectivity index (χ1n) is 8.73. The Morgan fingerprint density at radius 1 is 1.00 bits per heavy atom. The van der Waals surface area contributed by atoms with E-state index in [1.807, 2.05) is 34.1 Å². The first-order valence-corrected chi connectivity index (χ1v) is 8.73. The van der Waals surface area contributed by atoms with Gasteiger partial charge in [0.05, 0.1) is 19.8 Å². The van der Waals surface area contributed by atoms with E-state index in [0.717, 1.165) is 31.6 Å². The topological polar surface area (TPSA) is 61.9 Å². The number of carbonyl (C=O) groups excluding carboxylic acids is 2. The molecule has 2 saturated heterocycles. The van der Waals surface area contributed by atoms with Crippen molar-refractivity contribution in [3.8, 4) is 0 Å². The summed E-state index contributed by atoms with van der Waals surface area (Å²) in [5.74, 6) is 0.143. The minimum Gasteiger partial charge on any atom is -0.378 e. The number of carbonyl (C=O) groups is 2. The maximum absolute atomic E-state index is 12.5. The van der Waals surface area contributed by atoms with Gasteiger partial charge < -0.3 is 19.9 Å². The van der Waals surface area contributed by atoms with Gasteiger partial charge in [0.25, 0.3) is 5.91 Å². The molecule has 0 unspecified atom stereocenters. The number of amides is 2. The predicted molar refractivity (Wildman–Crippen MR) is 92.1 cm³/mol. The van der Waals surface area contributed by atoms with E-state index in [4.69, 9.17) is 4.74 Å². The van der Waals surface area contributed by atoms with Crippen LogP contribution >= 0.6 is 0 Å². The van der Waals surface area contributed by atoms with Gasteiger partial charge in [0.2, 0.25) is 5.91 Å². The highest BCUT2D eigenvalue weighted by Gasteiger charge is 2.19. The molecule has 0 spiro atoms. The summed E-state index contributed by atoms with van der Waals surface area (Å²) in [6, 6.07) is 7.37. The Morgan fingerprint density at radius 2 is 1.75 bits per heavy atom. The molecule has 0 aromatic heterocycles. The zero-order valence-electron chi connectivity index (χ0n) is 14.0. The lowest BCUT2D eigenvalue weighted by atomic mass is 10.1. The normalized spacial score (nSPS) is 18.3. The van der Waals surface area contributed by atoms with E-state index >= 15 is 0 Å². The fraction of sp³-hybridized carbons (Fsp3) is 0.556. The number of anilines is 1. The second kappa shape index (κ2) is 8.15. The molecule has 130 valence electrons. The summed E-state index contributed by atoms with van der Waals surface area (Å²) in [6.45, 7) is 4.43. The van der Waals surface area contributed by atoms with Crippen LogP contribution in [-0.2, 0) is 9.53 Å². The van der Waals surface area contributed by atoms with E-state index in [0.29, 0.717) is 31.9 Å². The Hall–Kier alpha value is -2.08. The average molecular weight is 331 g/mol. The molecule has 0 saturated carbocycles. The average Bonchev–Trinajstić information content (AvgIpc) is 2.67. The molecular weight excluding hydrogens is 306 g/mol. The van der Waals surface area contributed by atoms with E-state index in [1.54, 1.807) is 0 Å². The molecule has 1 aromatic rings. The number of hydrogen-bond donors (Lipinski definition) is 1. The van der Waals surface area contributed by atoms with Crippen LogP contribution in [0.2, 0.25) is 0 Å². The number of benzene rings is 1. The molecule has 2 aliphatic heterocycles. The van der Waals surface area contributed by atoms with E-state index in [9.17, 15) is 9.59 Å². The molecule has 0 atom stereocenters. The van der Waals surface area contributed by atoms with Crippen LogP contribution in [-0.4, -0.2) is 67.6 Å². The van der Waals surface area contributed by atoms with Gasteiger partial charge in [-0.1, -0.05) is 6.07 Å². The Bertz CT molecular complexity index is 579. The molecular formula is C18H25N3O3. The van der Waals surface area contributed by atoms with Crippen LogP contribution in [0.4, 0.5) is 5.69 Å². The van der Waals surface area contributed by atoms with Crippen molar-refractivity contribution in [2.45, 2.75) is 19.3 Å². The van der Waals surface area contributed by atoms with E-state index in [-0.39, 0.29) is 18.4 Å². The number of piperidine rings is 1. The standard InChI is InChI=1S/C18H25N3O3/c22-17(20-7-2-1-3-8-20)14-19-16-6-4-5-15(13-16)18(23)21-9-11-24-12-10-21/h4-6,13,19H,1-3,7-12,14H2. The summed E-state index contributed by atoms with van der Waals surface area (Å²) in [4.78, 5) is 28.4. The maximum atomic E-state index is 12.5. The van der Waals surface area contributed by atoms with Gasteiger partial charge in [-0.25, -0.2) is 0 Å². The Morgan fingerprint density at radius 3 is 2.50 bits per heavy atom. The zero-order valence-corrected chi connectivity index (χ0v) is 14.0. The smallest absolute Gasteiger partial charge is 0.254 e. The van der Waals surface area contributed by atoms with Gasteiger partial charge in [-0.3, -0.25) is 9.59 Å². The highest BCUT2D eigenvalue weighted by Crippen LogP contribution is 2.14. The van der Waals surface area contributed by atoms with Crippen molar-refractivity contribution in [1.29, 1.82) is 0 Å². The molecule has 24 heavy (non-hydrogen) atoms. The summed E-state index contributed by atoms with van der Waals surface area (Å²) in [5, 5.41) is 3.15. The Balaban J connectivity index is 1.56. The van der Waals surface area contributed by atoms with E-state index < -0.39 is 0 Å². The molecule has 2 amide bonds. The van der Waals surface area contributed by atoms with Gasteiger partial charge in [-0.2, -0.15) is 0 Å². The number of nitrogens with zero attached hydrogens (tertiary/aromatic N) is 2. The Kier molecular flexibility index (Phi) is 5.69. The number of hydrogen-bond acceptors (Lipinski definition) is 4. The number of morpholine rings is 1. The molecule has 2 fully saturated rings. The lowest BCUT2D eigenvalue weighted by Crippen LogP contribution is -2.40. The van der Waals surface area contributed by atoms with Crippen LogP contribution in [0.15, 0.2) is 24.3 Å². The quantitative estimate of drug-likeness (QED) is 0.910. The molecule has 2 heterocycles. The zero-order chi connectivity index (χ0) is 16.8. The van der Waals surface area contributed by atoms with Crippen LogP contribution in [0.3, 0.4) is 0 Å². The van der Waals surface area contributed by atoms with Gasteiger partial charge in [0.15, 0.2) is 0 Å². The highest BCUT2D eigenvalue weighted by atomic mass is 16.5. The molecule has 6 heteroatoms. The fourth-order valence-electron chi connectivity index (χ4n) is 3.14. The van der Waals surface area contributed by atoms with Gasteiger partial charge in [0, 0.05) is 37.4 Å². The van der Waals surface area contributed by atoms with Crippen LogP contribution in [0, 0.1) is 0 Å². The van der Waals surface area contributed by atoms with Crippen LogP contribution < -0.4 is 5.32 Å². The highest BCUT2D eigenvalue weighted by molar-refractivity contribution is 5.95. The molecule has 1 N–H and O–H groups in total. The first kappa shape index (κ1) is 16.8. The second-order valence-electron chi connectivity index (χ2n) is 6.28. The van der Waals surface area contributed by atoms with Gasteiger partial charge in [0.1, 0.15) is 0 Å². The third-order valence-corrected chi connectivity index (χ3v) is 4.56. The molecule has 0 aliphatic carbocycles. The van der Waals surface area contributed by atoms with Crippen molar-refractivity contribution in [1.82, 2.24) is 9.80 Å². The second-order valence-corrected chi connectivity index (χ2v) is 6.28. The van der Waals surface area contributed by atoms with Gasteiger partial charge in [-0.05, 0) is 37.5 Å². The minimum absolute atomic E-state index is 0.0179. The van der Waals surface area contributed by atoms with Crippen molar-refractivity contribution in [3.63, 3.8) is 0 Å². The fourth-order valence-corrected chi connectivity index (χ4v) is 3.14. The van der Waals surface area contributed by atoms with Crippen molar-refractivity contribution >= 4 is 17.5 Å². The van der Waals surface area contributed by atoms with Crippen LogP contribution in [0.5, 0.6) is 0 Å². The van der Waals surface area contributed by atoms with Gasteiger partial charge >= 0.3 is 0 Å². The number of likely N-dealkylation sites (tertiary alicyclic amines) is 1. The van der Waals surface area contributed by atoms with E-state index in [1.165, 1.54) is 6.42 Å². The van der Waals surface area contributed by atoms with Crippen molar-refractivity contribution in [2.24, 2.45) is 0 Å². The number of nitrogens with one attached hydrogen (secondary N) is 1. The SMILES string of the molecule is O=C(CNc1cccc(C(=O)N2CCOCC2)c1)N1CCCCC1. The van der Waals surface area contributed by atoms with Crippen molar-refractivity contribution < 1.29 is 14.3 Å². The first-order chi connectivity index (χ1) is 11.7. The largest absolute Gasteiger partial charge is 0.378 e. The predicted octanol–water partition coefficient (Wildman–Crippen LogP) is 1.58. The summed E-state index contributed by atoms with van der Waals surface area (Å²) in [6.07, 6.45) is 3.40. The number of ether oxygens (including phenoxy) is 1. The van der Waals surface area contributed by atoms with Crippen LogP contribution in [0.25, 0.3) is 0 Å². The third-order valence-electron chi connectivity index (χ3n) is 4.56. The lowest BCUT2D eigenvalue weighted by molar-refractivity contribution is -0.130. The lowest BCUT2D eigenvalue weighted by Gasteiger charge is -2.27. The summed E-state index contributed by atoms with van der Waals surface area (Å²) in [5.41, 5.74) is 1.45. The van der Waals surface area contributed by atoms with Crippen molar-refractivity contribution in [3.05, 3.63) is 29.8 Å². The molecule has 6 nitrogen and oxygen atoms in total. The van der Waals surface area contributed by atoms with E-state index in [2.05, 4.69) is 5.32 Å².